The van der Waals surface area contributed by atoms with Crippen molar-refractivity contribution in [3.63, 3.8) is 0 Å². The summed E-state index contributed by atoms with van der Waals surface area (Å²) in [6.45, 7) is 3.54. The Morgan fingerprint density at radius 1 is 1.27 bits per heavy atom. The van der Waals surface area contributed by atoms with E-state index < -0.39 is 0 Å². The minimum atomic E-state index is 0.301. The van der Waals surface area contributed by atoms with Gasteiger partial charge in [0.25, 0.3) is 0 Å². The van der Waals surface area contributed by atoms with Gasteiger partial charge in [-0.15, -0.1) is 0 Å². The summed E-state index contributed by atoms with van der Waals surface area (Å²) in [5.74, 6) is 0.301. The number of pyridine rings is 1. The molecule has 1 amide bonds. The summed E-state index contributed by atoms with van der Waals surface area (Å²) in [6.07, 6.45) is 7.55. The first-order chi connectivity index (χ1) is 10.8. The fourth-order valence-electron chi connectivity index (χ4n) is 4.31. The molecule has 3 saturated heterocycles. The third-order valence-corrected chi connectivity index (χ3v) is 5.38. The van der Waals surface area contributed by atoms with E-state index in [9.17, 15) is 4.79 Å². The second-order valence-corrected chi connectivity index (χ2v) is 6.60. The maximum Gasteiger partial charge on any atom is 0.223 e. The minimum Gasteiger partial charge on any atom is -0.380 e. The Morgan fingerprint density at radius 2 is 2.23 bits per heavy atom. The lowest BCUT2D eigenvalue weighted by molar-refractivity contribution is -0.138. The number of rotatable bonds is 3. The third-order valence-electron chi connectivity index (χ3n) is 5.38. The molecule has 3 fully saturated rings. The molecule has 0 radical (unpaired) electrons. The Bertz CT molecular complexity index is 530. The third kappa shape index (κ3) is 2.52. The highest BCUT2D eigenvalue weighted by Gasteiger charge is 2.45. The first-order valence-electron chi connectivity index (χ1n) is 8.35. The molecule has 0 saturated carbocycles. The number of piperidine rings is 1. The van der Waals surface area contributed by atoms with E-state index in [2.05, 4.69) is 20.9 Å². The molecule has 0 spiro atoms. The zero-order chi connectivity index (χ0) is 14.9. The van der Waals surface area contributed by atoms with Gasteiger partial charge in [0.15, 0.2) is 0 Å². The van der Waals surface area contributed by atoms with Gasteiger partial charge in [-0.2, -0.15) is 0 Å². The number of aromatic nitrogens is 1. The van der Waals surface area contributed by atoms with Crippen molar-refractivity contribution >= 4 is 5.91 Å². The van der Waals surface area contributed by atoms with Crippen LogP contribution in [0.2, 0.25) is 0 Å². The molecule has 4 rings (SSSR count). The van der Waals surface area contributed by atoms with Crippen LogP contribution in [0.25, 0.3) is 0 Å². The highest BCUT2D eigenvalue weighted by Crippen LogP contribution is 2.35. The second kappa shape index (κ2) is 5.97. The van der Waals surface area contributed by atoms with Gasteiger partial charge in [-0.05, 0) is 30.9 Å². The predicted octanol–water partition coefficient (Wildman–Crippen LogP) is 1.44. The van der Waals surface area contributed by atoms with Crippen molar-refractivity contribution in [3.8, 4) is 0 Å². The van der Waals surface area contributed by atoms with E-state index in [0.29, 0.717) is 37.0 Å². The molecule has 0 aromatic carbocycles. The molecule has 3 aliphatic rings. The fourth-order valence-corrected chi connectivity index (χ4v) is 4.31. The largest absolute Gasteiger partial charge is 0.380 e. The van der Waals surface area contributed by atoms with Crippen LogP contribution in [0.5, 0.6) is 0 Å². The number of carbonyl (C=O) groups is 1. The van der Waals surface area contributed by atoms with Crippen LogP contribution in [0.1, 0.15) is 31.2 Å². The number of ether oxygens (including phenoxy) is 1. The van der Waals surface area contributed by atoms with Crippen LogP contribution in [0, 0.1) is 0 Å². The van der Waals surface area contributed by atoms with Crippen LogP contribution < -0.4 is 0 Å². The minimum absolute atomic E-state index is 0.301. The Hall–Kier alpha value is -1.46. The number of amides is 1. The van der Waals surface area contributed by atoms with Gasteiger partial charge in [-0.3, -0.25) is 14.7 Å². The molecule has 0 bridgehead atoms. The van der Waals surface area contributed by atoms with E-state index in [4.69, 9.17) is 4.74 Å². The Labute approximate surface area is 131 Å². The summed E-state index contributed by atoms with van der Waals surface area (Å²) in [4.78, 5) is 21.3. The fraction of sp³-hybridized carbons (Fsp3) is 0.647. The van der Waals surface area contributed by atoms with E-state index in [-0.39, 0.29) is 0 Å². The number of fused-ring (bicyclic) bond motifs is 1. The molecular formula is C17H23N3O2. The second-order valence-electron chi connectivity index (χ2n) is 6.60. The van der Waals surface area contributed by atoms with Gasteiger partial charge in [0.2, 0.25) is 5.91 Å². The first-order valence-corrected chi connectivity index (χ1v) is 8.35. The summed E-state index contributed by atoms with van der Waals surface area (Å²) in [6, 6.07) is 5.44. The SMILES string of the molecule is O=C1CC[C@H]2[C@H](CCN2[C@@H]2CCOC2)N1Cc1cccnc1. The lowest BCUT2D eigenvalue weighted by Crippen LogP contribution is -2.53. The molecular weight excluding hydrogens is 278 g/mol. The molecule has 0 aliphatic carbocycles. The Balaban J connectivity index is 1.51. The Kier molecular flexibility index (Phi) is 3.84. The quantitative estimate of drug-likeness (QED) is 0.847. The molecule has 1 aromatic rings. The average molecular weight is 301 g/mol. The van der Waals surface area contributed by atoms with Crippen molar-refractivity contribution < 1.29 is 9.53 Å². The van der Waals surface area contributed by atoms with Gasteiger partial charge in [0, 0.05) is 56.6 Å². The molecule has 3 atom stereocenters. The molecule has 0 N–H and O–H groups in total. The summed E-state index contributed by atoms with van der Waals surface area (Å²) in [7, 11) is 0. The van der Waals surface area contributed by atoms with Crippen LogP contribution in [0.3, 0.4) is 0 Å². The highest BCUT2D eigenvalue weighted by atomic mass is 16.5. The number of likely N-dealkylation sites (tertiary alicyclic amines) is 2. The number of nitrogens with zero attached hydrogens (tertiary/aromatic N) is 3. The zero-order valence-corrected chi connectivity index (χ0v) is 12.9. The van der Waals surface area contributed by atoms with E-state index in [1.165, 1.54) is 0 Å². The highest BCUT2D eigenvalue weighted by molar-refractivity contribution is 5.77. The summed E-state index contributed by atoms with van der Waals surface area (Å²) in [5.41, 5.74) is 1.12. The lowest BCUT2D eigenvalue weighted by Gasteiger charge is -2.41. The van der Waals surface area contributed by atoms with Crippen LogP contribution in [0.4, 0.5) is 0 Å². The molecule has 118 valence electrons. The maximum absolute atomic E-state index is 12.4. The van der Waals surface area contributed by atoms with Gasteiger partial charge < -0.3 is 9.64 Å². The number of carbonyl (C=O) groups excluding carboxylic acids is 1. The maximum atomic E-state index is 12.4. The number of hydrogen-bond donors (Lipinski definition) is 0. The van der Waals surface area contributed by atoms with Crippen molar-refractivity contribution in [2.75, 3.05) is 19.8 Å². The van der Waals surface area contributed by atoms with E-state index in [1.807, 2.05) is 12.3 Å². The topological polar surface area (TPSA) is 45.7 Å². The standard InChI is InChI=1S/C17H23N3O2/c21-17-4-3-15-16(5-8-19(15)14-6-9-22-12-14)20(17)11-13-2-1-7-18-10-13/h1-2,7,10,14-16H,3-6,8-9,11-12H2/t14-,15+,16+/m1/s1. The van der Waals surface area contributed by atoms with Crippen molar-refractivity contribution in [2.45, 2.75) is 50.4 Å². The molecule has 3 aliphatic heterocycles. The van der Waals surface area contributed by atoms with Crippen molar-refractivity contribution in [1.29, 1.82) is 0 Å². The van der Waals surface area contributed by atoms with Gasteiger partial charge in [-0.25, -0.2) is 0 Å². The molecule has 5 nitrogen and oxygen atoms in total. The molecule has 0 unspecified atom stereocenters. The molecule has 22 heavy (non-hydrogen) atoms. The average Bonchev–Trinajstić information content (AvgIpc) is 3.20. The van der Waals surface area contributed by atoms with E-state index >= 15 is 0 Å². The van der Waals surface area contributed by atoms with E-state index in [1.54, 1.807) is 6.20 Å². The normalized spacial score (nSPS) is 32.5. The summed E-state index contributed by atoms with van der Waals surface area (Å²) in [5, 5.41) is 0. The lowest BCUT2D eigenvalue weighted by atomic mass is 9.95. The smallest absolute Gasteiger partial charge is 0.223 e. The van der Waals surface area contributed by atoms with Gasteiger partial charge in [0.05, 0.1) is 6.61 Å². The van der Waals surface area contributed by atoms with Crippen LogP contribution in [0.15, 0.2) is 24.5 Å². The predicted molar refractivity (Wildman–Crippen MR) is 82.1 cm³/mol. The van der Waals surface area contributed by atoms with Crippen LogP contribution >= 0.6 is 0 Å². The Morgan fingerprint density at radius 3 is 3.00 bits per heavy atom. The van der Waals surface area contributed by atoms with Crippen molar-refractivity contribution in [2.24, 2.45) is 0 Å². The monoisotopic (exact) mass is 301 g/mol. The van der Waals surface area contributed by atoms with Crippen molar-refractivity contribution in [1.82, 2.24) is 14.8 Å². The summed E-state index contributed by atoms with van der Waals surface area (Å²) >= 11 is 0. The zero-order valence-electron chi connectivity index (χ0n) is 12.9. The van der Waals surface area contributed by atoms with E-state index in [0.717, 1.165) is 44.6 Å². The van der Waals surface area contributed by atoms with Gasteiger partial charge in [0.1, 0.15) is 0 Å². The van der Waals surface area contributed by atoms with Crippen LogP contribution in [-0.4, -0.2) is 58.6 Å². The van der Waals surface area contributed by atoms with Gasteiger partial charge >= 0.3 is 0 Å². The van der Waals surface area contributed by atoms with Crippen LogP contribution in [-0.2, 0) is 16.1 Å². The first kappa shape index (κ1) is 14.2. The number of hydrogen-bond acceptors (Lipinski definition) is 4. The van der Waals surface area contributed by atoms with Crippen molar-refractivity contribution in [3.05, 3.63) is 30.1 Å². The molecule has 4 heterocycles. The molecule has 5 heteroatoms. The van der Waals surface area contributed by atoms with Gasteiger partial charge in [-0.1, -0.05) is 6.07 Å². The summed E-state index contributed by atoms with van der Waals surface area (Å²) < 4.78 is 5.56. The molecule has 1 aromatic heterocycles.